The second-order valence-corrected chi connectivity index (χ2v) is 7.40. The Balaban J connectivity index is 1.74. The van der Waals surface area contributed by atoms with E-state index in [1.165, 1.54) is 0 Å². The van der Waals surface area contributed by atoms with Gasteiger partial charge in [-0.25, -0.2) is 0 Å². The van der Waals surface area contributed by atoms with Crippen molar-refractivity contribution in [3.8, 4) is 5.75 Å². The molecule has 2 rings (SSSR count). The molecular formula is C20H30ClN3O4. The van der Waals surface area contributed by atoms with Crippen LogP contribution in [-0.4, -0.2) is 80.7 Å². The fourth-order valence-corrected chi connectivity index (χ4v) is 3.30. The predicted molar refractivity (Wildman–Crippen MR) is 109 cm³/mol. The first-order valence-corrected chi connectivity index (χ1v) is 9.98. The molecule has 0 spiro atoms. The van der Waals surface area contributed by atoms with E-state index in [4.69, 9.17) is 21.1 Å². The Labute approximate surface area is 171 Å². The molecule has 0 aliphatic carbocycles. The van der Waals surface area contributed by atoms with Crippen LogP contribution in [0, 0.1) is 6.92 Å². The van der Waals surface area contributed by atoms with Gasteiger partial charge in [0.25, 0.3) is 5.91 Å². The second-order valence-electron chi connectivity index (χ2n) is 6.97. The molecule has 1 fully saturated rings. The van der Waals surface area contributed by atoms with Crippen LogP contribution in [0.1, 0.15) is 18.9 Å². The summed E-state index contributed by atoms with van der Waals surface area (Å²) in [5, 5.41) is 3.52. The highest BCUT2D eigenvalue weighted by molar-refractivity contribution is 6.30. The summed E-state index contributed by atoms with van der Waals surface area (Å²) in [6.45, 7) is 7.78. The van der Waals surface area contributed by atoms with E-state index in [2.05, 4.69) is 10.2 Å². The highest BCUT2D eigenvalue weighted by Crippen LogP contribution is 2.23. The monoisotopic (exact) mass is 411 g/mol. The average molecular weight is 412 g/mol. The van der Waals surface area contributed by atoms with Crippen LogP contribution in [0.2, 0.25) is 5.02 Å². The van der Waals surface area contributed by atoms with Crippen LogP contribution in [0.25, 0.3) is 0 Å². The molecule has 8 heteroatoms. The summed E-state index contributed by atoms with van der Waals surface area (Å²) in [5.74, 6) is 0.623. The lowest BCUT2D eigenvalue weighted by molar-refractivity contribution is -0.139. The Morgan fingerprint density at radius 1 is 1.25 bits per heavy atom. The Hall–Kier alpha value is -1.83. The summed E-state index contributed by atoms with van der Waals surface area (Å²) >= 11 is 5.96. The number of carbonyl (C=O) groups excluding carboxylic acids is 2. The number of amides is 2. The SMILES string of the molecule is COCCCNC(=O)CN1CCN(C(=O)C(C)Oc2ccc(Cl)cc2C)CC1. The van der Waals surface area contributed by atoms with Crippen LogP contribution in [0.15, 0.2) is 18.2 Å². The maximum absolute atomic E-state index is 12.7. The largest absolute Gasteiger partial charge is 0.481 e. The van der Waals surface area contributed by atoms with E-state index in [0.717, 1.165) is 12.0 Å². The zero-order chi connectivity index (χ0) is 20.5. The number of piperazine rings is 1. The second kappa shape index (κ2) is 11.2. The molecule has 0 bridgehead atoms. The molecular weight excluding hydrogens is 382 g/mol. The lowest BCUT2D eigenvalue weighted by atomic mass is 10.2. The lowest BCUT2D eigenvalue weighted by Gasteiger charge is -2.35. The van der Waals surface area contributed by atoms with Crippen molar-refractivity contribution in [3.05, 3.63) is 28.8 Å². The van der Waals surface area contributed by atoms with Crippen molar-refractivity contribution in [3.63, 3.8) is 0 Å². The van der Waals surface area contributed by atoms with Crippen LogP contribution in [-0.2, 0) is 14.3 Å². The van der Waals surface area contributed by atoms with Gasteiger partial charge in [0.15, 0.2) is 6.10 Å². The molecule has 1 saturated heterocycles. The van der Waals surface area contributed by atoms with Gasteiger partial charge in [0.05, 0.1) is 6.54 Å². The molecule has 1 unspecified atom stereocenters. The van der Waals surface area contributed by atoms with Crippen LogP contribution in [0.5, 0.6) is 5.75 Å². The number of nitrogens with one attached hydrogen (secondary N) is 1. The third kappa shape index (κ3) is 6.96. The third-order valence-electron chi connectivity index (χ3n) is 4.69. The Bertz CT molecular complexity index is 663. The highest BCUT2D eigenvalue weighted by atomic mass is 35.5. The van der Waals surface area contributed by atoms with Gasteiger partial charge >= 0.3 is 0 Å². The van der Waals surface area contributed by atoms with Gasteiger partial charge < -0.3 is 19.7 Å². The summed E-state index contributed by atoms with van der Waals surface area (Å²) in [6.07, 6.45) is 0.227. The van der Waals surface area contributed by atoms with Gasteiger partial charge in [-0.05, 0) is 44.0 Å². The Morgan fingerprint density at radius 2 is 1.96 bits per heavy atom. The van der Waals surface area contributed by atoms with E-state index in [1.54, 1.807) is 31.1 Å². The minimum Gasteiger partial charge on any atom is -0.481 e. The molecule has 1 N–H and O–H groups in total. The molecule has 1 aliphatic heterocycles. The Kier molecular flexibility index (Phi) is 9.02. The van der Waals surface area contributed by atoms with Crippen LogP contribution >= 0.6 is 11.6 Å². The molecule has 0 aromatic heterocycles. The molecule has 28 heavy (non-hydrogen) atoms. The fraction of sp³-hybridized carbons (Fsp3) is 0.600. The van der Waals surface area contributed by atoms with Gasteiger partial charge in [-0.3, -0.25) is 14.5 Å². The molecule has 2 amide bonds. The number of ether oxygens (including phenoxy) is 2. The number of hydrogen-bond acceptors (Lipinski definition) is 5. The first-order valence-electron chi connectivity index (χ1n) is 9.60. The number of halogens is 1. The smallest absolute Gasteiger partial charge is 0.263 e. The average Bonchev–Trinajstić information content (AvgIpc) is 2.67. The maximum atomic E-state index is 12.7. The van der Waals surface area contributed by atoms with Crippen molar-refractivity contribution in [2.75, 3.05) is 53.0 Å². The lowest BCUT2D eigenvalue weighted by Crippen LogP contribution is -2.53. The van der Waals surface area contributed by atoms with E-state index < -0.39 is 6.10 Å². The number of methoxy groups -OCH3 is 1. The molecule has 1 atom stereocenters. The van der Waals surface area contributed by atoms with Gasteiger partial charge in [0.1, 0.15) is 5.75 Å². The predicted octanol–water partition coefficient (Wildman–Crippen LogP) is 1.71. The minimum absolute atomic E-state index is 0.00537. The van der Waals surface area contributed by atoms with Crippen LogP contribution in [0.3, 0.4) is 0 Å². The molecule has 0 radical (unpaired) electrons. The third-order valence-corrected chi connectivity index (χ3v) is 4.92. The summed E-state index contributed by atoms with van der Waals surface area (Å²) < 4.78 is 10.8. The molecule has 0 saturated carbocycles. The van der Waals surface area contributed by atoms with Crippen molar-refractivity contribution in [1.29, 1.82) is 0 Å². The molecule has 1 aromatic rings. The standard InChI is InChI=1S/C20H30ClN3O4/c1-15-13-17(21)5-6-18(15)28-16(2)20(26)24-10-8-23(9-11-24)14-19(25)22-7-4-12-27-3/h5-6,13,16H,4,7-12,14H2,1-3H3,(H,22,25). The first-order chi connectivity index (χ1) is 13.4. The molecule has 7 nitrogen and oxygen atoms in total. The van der Waals surface area contributed by atoms with Gasteiger partial charge in [-0.15, -0.1) is 0 Å². The topological polar surface area (TPSA) is 71.1 Å². The van der Waals surface area contributed by atoms with E-state index in [0.29, 0.717) is 56.6 Å². The molecule has 1 heterocycles. The van der Waals surface area contributed by atoms with Crippen molar-refractivity contribution in [2.45, 2.75) is 26.4 Å². The number of aryl methyl sites for hydroxylation is 1. The normalized spacial score (nSPS) is 15.9. The van der Waals surface area contributed by atoms with Gasteiger partial charge in [-0.2, -0.15) is 0 Å². The zero-order valence-electron chi connectivity index (χ0n) is 16.9. The van der Waals surface area contributed by atoms with Gasteiger partial charge in [-0.1, -0.05) is 11.6 Å². The summed E-state index contributed by atoms with van der Waals surface area (Å²) in [5.41, 5.74) is 0.897. The van der Waals surface area contributed by atoms with Crippen LogP contribution in [0.4, 0.5) is 0 Å². The van der Waals surface area contributed by atoms with Crippen molar-refractivity contribution in [1.82, 2.24) is 15.1 Å². The van der Waals surface area contributed by atoms with Crippen molar-refractivity contribution < 1.29 is 19.1 Å². The van der Waals surface area contributed by atoms with E-state index in [-0.39, 0.29) is 11.8 Å². The van der Waals surface area contributed by atoms with Gasteiger partial charge in [0.2, 0.25) is 5.91 Å². The van der Waals surface area contributed by atoms with E-state index in [9.17, 15) is 9.59 Å². The number of nitrogens with zero attached hydrogens (tertiary/aromatic N) is 2. The maximum Gasteiger partial charge on any atom is 0.263 e. The summed E-state index contributed by atoms with van der Waals surface area (Å²) in [4.78, 5) is 28.5. The van der Waals surface area contributed by atoms with E-state index >= 15 is 0 Å². The highest BCUT2D eigenvalue weighted by Gasteiger charge is 2.27. The quantitative estimate of drug-likeness (QED) is 0.626. The fourth-order valence-electron chi connectivity index (χ4n) is 3.07. The molecule has 1 aromatic carbocycles. The number of benzene rings is 1. The first kappa shape index (κ1) is 22.5. The zero-order valence-corrected chi connectivity index (χ0v) is 17.6. The van der Waals surface area contributed by atoms with Gasteiger partial charge in [0, 0.05) is 51.5 Å². The van der Waals surface area contributed by atoms with Crippen LogP contribution < -0.4 is 10.1 Å². The van der Waals surface area contributed by atoms with Crippen molar-refractivity contribution in [2.24, 2.45) is 0 Å². The summed E-state index contributed by atoms with van der Waals surface area (Å²) in [6, 6.07) is 5.35. The minimum atomic E-state index is -0.574. The van der Waals surface area contributed by atoms with E-state index in [1.807, 2.05) is 13.0 Å². The Morgan fingerprint density at radius 3 is 2.61 bits per heavy atom. The van der Waals surface area contributed by atoms with Crippen molar-refractivity contribution >= 4 is 23.4 Å². The number of carbonyl (C=O) groups is 2. The summed E-state index contributed by atoms with van der Waals surface area (Å²) in [7, 11) is 1.64. The number of rotatable bonds is 9. The molecule has 1 aliphatic rings. The molecule has 156 valence electrons. The number of hydrogen-bond donors (Lipinski definition) is 1.